The maximum absolute atomic E-state index is 13.0. The average molecular weight is 419 g/mol. The van der Waals surface area contributed by atoms with Crippen LogP contribution in [-0.2, 0) is 17.8 Å². The molecular formula is C24H30N6O. The summed E-state index contributed by atoms with van der Waals surface area (Å²) in [5.41, 5.74) is 5.10. The number of nitrogens with zero attached hydrogens (tertiary/aromatic N) is 5. The molecule has 0 aliphatic carbocycles. The van der Waals surface area contributed by atoms with Gasteiger partial charge in [-0.25, -0.2) is 15.0 Å². The highest BCUT2D eigenvalue weighted by molar-refractivity contribution is 5.93. The Morgan fingerprint density at radius 1 is 1.06 bits per heavy atom. The molecule has 2 aliphatic heterocycles. The molecule has 1 amide bonds. The Bertz CT molecular complexity index is 1120. The van der Waals surface area contributed by atoms with Gasteiger partial charge in [0.1, 0.15) is 12.2 Å². The molecule has 5 rings (SSSR count). The number of benzene rings is 1. The van der Waals surface area contributed by atoms with Crippen LogP contribution in [-0.4, -0.2) is 38.5 Å². The summed E-state index contributed by atoms with van der Waals surface area (Å²) in [6, 6.07) is 6.07. The molecule has 1 aromatic carbocycles. The van der Waals surface area contributed by atoms with Crippen LogP contribution in [0.2, 0.25) is 0 Å². The molecule has 162 valence electrons. The van der Waals surface area contributed by atoms with Crippen molar-refractivity contribution in [2.24, 2.45) is 5.92 Å². The molecular weight excluding hydrogens is 388 g/mol. The van der Waals surface area contributed by atoms with Gasteiger partial charge in [-0.3, -0.25) is 4.79 Å². The Balaban J connectivity index is 1.37. The number of nitrogens with one attached hydrogen (secondary N) is 1. The normalized spacial score (nSPS) is 19.2. The van der Waals surface area contributed by atoms with Crippen LogP contribution in [0.1, 0.15) is 49.1 Å². The van der Waals surface area contributed by atoms with Gasteiger partial charge in [0.25, 0.3) is 0 Å². The Labute approximate surface area is 182 Å². The van der Waals surface area contributed by atoms with Crippen molar-refractivity contribution >= 4 is 28.6 Å². The molecule has 2 aliphatic rings. The SMILES string of the molecule is Cc1ccc(NC(=O)[C@@H]2CCCN(c3ncnc4c3nc3n4CCCCC3)C2)cc1C. The molecule has 7 nitrogen and oxygen atoms in total. The number of aromatic nitrogens is 4. The van der Waals surface area contributed by atoms with Crippen LogP contribution in [0, 0.1) is 19.8 Å². The van der Waals surface area contributed by atoms with Gasteiger partial charge < -0.3 is 14.8 Å². The van der Waals surface area contributed by atoms with Crippen LogP contribution in [0.5, 0.6) is 0 Å². The topological polar surface area (TPSA) is 75.9 Å². The van der Waals surface area contributed by atoms with Gasteiger partial charge in [0, 0.05) is 31.7 Å². The first-order valence-electron chi connectivity index (χ1n) is 11.4. The summed E-state index contributed by atoms with van der Waals surface area (Å²) >= 11 is 0. The second kappa shape index (κ2) is 8.29. The molecule has 0 bridgehead atoms. The van der Waals surface area contributed by atoms with Crippen LogP contribution < -0.4 is 10.2 Å². The largest absolute Gasteiger partial charge is 0.354 e. The molecule has 0 saturated carbocycles. The summed E-state index contributed by atoms with van der Waals surface area (Å²) in [5, 5.41) is 3.12. The highest BCUT2D eigenvalue weighted by Gasteiger charge is 2.29. The van der Waals surface area contributed by atoms with Gasteiger partial charge in [-0.05, 0) is 62.8 Å². The van der Waals surface area contributed by atoms with Crippen molar-refractivity contribution < 1.29 is 4.79 Å². The molecule has 7 heteroatoms. The minimum Gasteiger partial charge on any atom is -0.354 e. The Hall–Kier alpha value is -2.96. The summed E-state index contributed by atoms with van der Waals surface area (Å²) in [6.07, 6.45) is 8.09. The zero-order chi connectivity index (χ0) is 21.4. The third-order valence-electron chi connectivity index (χ3n) is 6.74. The number of piperidine rings is 1. The minimum absolute atomic E-state index is 0.0687. The lowest BCUT2D eigenvalue weighted by Crippen LogP contribution is -2.41. The lowest BCUT2D eigenvalue weighted by molar-refractivity contribution is -0.120. The molecule has 4 heterocycles. The summed E-state index contributed by atoms with van der Waals surface area (Å²) in [6.45, 7) is 6.67. The quantitative estimate of drug-likeness (QED) is 0.695. The van der Waals surface area contributed by atoms with Crippen molar-refractivity contribution in [2.45, 2.75) is 58.9 Å². The molecule has 2 aromatic heterocycles. The van der Waals surface area contributed by atoms with E-state index >= 15 is 0 Å². The van der Waals surface area contributed by atoms with Gasteiger partial charge in [-0.2, -0.15) is 0 Å². The standard InChI is InChI=1S/C24H30N6O/c1-16-9-10-19(13-17(16)2)27-24(31)18-7-6-11-29(14-18)22-21-23(26-15-25-22)30-12-5-3-4-8-20(30)28-21/h9-10,13,15,18H,3-8,11-12,14H2,1-2H3,(H,27,31)/t18-/m1/s1. The zero-order valence-electron chi connectivity index (χ0n) is 18.4. The zero-order valence-corrected chi connectivity index (χ0v) is 18.4. The van der Waals surface area contributed by atoms with Crippen LogP contribution in [0.15, 0.2) is 24.5 Å². The molecule has 1 saturated heterocycles. The van der Waals surface area contributed by atoms with E-state index in [9.17, 15) is 4.79 Å². The van der Waals surface area contributed by atoms with Gasteiger partial charge >= 0.3 is 0 Å². The Kier molecular flexibility index (Phi) is 5.34. The lowest BCUT2D eigenvalue weighted by atomic mass is 9.96. The van der Waals surface area contributed by atoms with Crippen LogP contribution in [0.25, 0.3) is 11.2 Å². The predicted molar refractivity (Wildman–Crippen MR) is 122 cm³/mol. The van der Waals surface area contributed by atoms with Crippen molar-refractivity contribution in [2.75, 3.05) is 23.3 Å². The molecule has 1 fully saturated rings. The average Bonchev–Trinajstić information content (AvgIpc) is 2.97. The first kappa shape index (κ1) is 20.0. The Morgan fingerprint density at radius 3 is 2.84 bits per heavy atom. The van der Waals surface area contributed by atoms with Crippen molar-refractivity contribution in [1.82, 2.24) is 19.5 Å². The number of hydrogen-bond donors (Lipinski definition) is 1. The maximum Gasteiger partial charge on any atom is 0.229 e. The summed E-state index contributed by atoms with van der Waals surface area (Å²) < 4.78 is 2.27. The molecule has 0 radical (unpaired) electrons. The van der Waals surface area contributed by atoms with E-state index in [0.29, 0.717) is 6.54 Å². The number of aryl methyl sites for hydroxylation is 4. The summed E-state index contributed by atoms with van der Waals surface area (Å²) in [5.74, 6) is 2.00. The van der Waals surface area contributed by atoms with E-state index in [2.05, 4.69) is 44.7 Å². The predicted octanol–water partition coefficient (Wildman–Crippen LogP) is 4.02. The summed E-state index contributed by atoms with van der Waals surface area (Å²) in [4.78, 5) is 29.3. The van der Waals surface area contributed by atoms with E-state index in [1.807, 2.05) is 12.1 Å². The number of rotatable bonds is 3. The van der Waals surface area contributed by atoms with Crippen LogP contribution in [0.3, 0.4) is 0 Å². The highest BCUT2D eigenvalue weighted by atomic mass is 16.1. The lowest BCUT2D eigenvalue weighted by Gasteiger charge is -2.32. The van der Waals surface area contributed by atoms with E-state index in [1.165, 1.54) is 30.4 Å². The molecule has 1 N–H and O–H groups in total. The molecule has 3 aromatic rings. The molecule has 0 spiro atoms. The van der Waals surface area contributed by atoms with E-state index in [0.717, 1.165) is 60.8 Å². The second-order valence-electron chi connectivity index (χ2n) is 8.93. The van der Waals surface area contributed by atoms with E-state index in [-0.39, 0.29) is 11.8 Å². The monoisotopic (exact) mass is 418 g/mol. The van der Waals surface area contributed by atoms with E-state index in [4.69, 9.17) is 4.98 Å². The van der Waals surface area contributed by atoms with Crippen molar-refractivity contribution in [3.05, 3.63) is 41.5 Å². The van der Waals surface area contributed by atoms with Gasteiger partial charge in [0.05, 0.1) is 5.92 Å². The van der Waals surface area contributed by atoms with Gasteiger partial charge in [-0.1, -0.05) is 12.5 Å². The number of carbonyl (C=O) groups excluding carboxylic acids is 1. The first-order valence-corrected chi connectivity index (χ1v) is 11.4. The van der Waals surface area contributed by atoms with Crippen molar-refractivity contribution in [3.8, 4) is 0 Å². The second-order valence-corrected chi connectivity index (χ2v) is 8.93. The fourth-order valence-electron chi connectivity index (χ4n) is 4.80. The van der Waals surface area contributed by atoms with Gasteiger partial charge in [-0.15, -0.1) is 0 Å². The van der Waals surface area contributed by atoms with Crippen LogP contribution in [0.4, 0.5) is 11.5 Å². The van der Waals surface area contributed by atoms with E-state index in [1.54, 1.807) is 6.33 Å². The van der Waals surface area contributed by atoms with Crippen LogP contribution >= 0.6 is 0 Å². The molecule has 0 unspecified atom stereocenters. The first-order chi connectivity index (χ1) is 15.1. The fourth-order valence-corrected chi connectivity index (χ4v) is 4.80. The number of imidazole rings is 1. The maximum atomic E-state index is 13.0. The molecule has 1 atom stereocenters. The highest BCUT2D eigenvalue weighted by Crippen LogP contribution is 2.30. The number of amides is 1. The fraction of sp³-hybridized carbons (Fsp3) is 0.500. The number of hydrogen-bond acceptors (Lipinski definition) is 5. The molecule has 31 heavy (non-hydrogen) atoms. The number of fused-ring (bicyclic) bond motifs is 3. The van der Waals surface area contributed by atoms with Crippen molar-refractivity contribution in [3.63, 3.8) is 0 Å². The minimum atomic E-state index is -0.0687. The summed E-state index contributed by atoms with van der Waals surface area (Å²) in [7, 11) is 0. The van der Waals surface area contributed by atoms with Crippen molar-refractivity contribution in [1.29, 1.82) is 0 Å². The smallest absolute Gasteiger partial charge is 0.229 e. The van der Waals surface area contributed by atoms with Gasteiger partial charge in [0.2, 0.25) is 5.91 Å². The number of carbonyl (C=O) groups is 1. The van der Waals surface area contributed by atoms with E-state index < -0.39 is 0 Å². The Morgan fingerprint density at radius 2 is 1.97 bits per heavy atom. The third kappa shape index (κ3) is 3.89. The van der Waals surface area contributed by atoms with Gasteiger partial charge in [0.15, 0.2) is 17.0 Å². The number of anilines is 2. The third-order valence-corrected chi connectivity index (χ3v) is 6.74.